The molecule has 0 aromatic carbocycles. The number of aromatic nitrogens is 1. The lowest BCUT2D eigenvalue weighted by atomic mass is 10.2. The van der Waals surface area contributed by atoms with Gasteiger partial charge in [-0.15, -0.1) is 24.0 Å². The van der Waals surface area contributed by atoms with E-state index in [4.69, 9.17) is 0 Å². The average Bonchev–Trinajstić information content (AvgIpc) is 2.52. The molecule has 2 N–H and O–H groups in total. The number of pyridine rings is 1. The summed E-state index contributed by atoms with van der Waals surface area (Å²) in [5.74, 6) is 0.852. The molecule has 1 aromatic rings. The number of nitrogens with zero attached hydrogens (tertiary/aromatic N) is 3. The predicted molar refractivity (Wildman–Crippen MR) is 105 cm³/mol. The summed E-state index contributed by atoms with van der Waals surface area (Å²) in [6.45, 7) is 10.5. The van der Waals surface area contributed by atoms with E-state index in [-0.39, 0.29) is 24.0 Å². The van der Waals surface area contributed by atoms with Crippen molar-refractivity contribution in [2.24, 2.45) is 4.99 Å². The Hall–Kier alpha value is -0.890. The highest BCUT2D eigenvalue weighted by atomic mass is 127. The quantitative estimate of drug-likeness (QED) is 0.385. The van der Waals surface area contributed by atoms with E-state index in [0.717, 1.165) is 44.3 Å². The van der Waals surface area contributed by atoms with Gasteiger partial charge in [-0.2, -0.15) is 0 Å². The fourth-order valence-electron chi connectivity index (χ4n) is 2.30. The Balaban J connectivity index is 0.00000441. The number of aliphatic imine (C=N–C) groups is 1. The minimum Gasteiger partial charge on any atom is -0.356 e. The summed E-state index contributed by atoms with van der Waals surface area (Å²) in [7, 11) is 1.80. The largest absolute Gasteiger partial charge is 0.356 e. The van der Waals surface area contributed by atoms with E-state index in [1.165, 1.54) is 0 Å². The van der Waals surface area contributed by atoms with Crippen molar-refractivity contribution in [3.63, 3.8) is 0 Å². The standard InChI is InChI=1S/C16H29N5.HI/c1-5-21(6-2)14(3)13-20-16(17-4)19-12-10-15-9-7-8-11-18-15;/h7-9,11,14H,5-6,10,12-13H2,1-4H3,(H2,17,19,20);1H. The zero-order valence-corrected chi connectivity index (χ0v) is 16.5. The van der Waals surface area contributed by atoms with Crippen LogP contribution in [0.3, 0.4) is 0 Å². The summed E-state index contributed by atoms with van der Waals surface area (Å²) in [5.41, 5.74) is 1.09. The lowest BCUT2D eigenvalue weighted by Crippen LogP contribution is -2.46. The van der Waals surface area contributed by atoms with Gasteiger partial charge in [-0.25, -0.2) is 0 Å². The molecule has 1 rings (SSSR count). The van der Waals surface area contributed by atoms with Crippen molar-refractivity contribution in [2.45, 2.75) is 33.2 Å². The molecule has 1 unspecified atom stereocenters. The second kappa shape index (κ2) is 12.6. The van der Waals surface area contributed by atoms with Gasteiger partial charge in [0.15, 0.2) is 5.96 Å². The third-order valence-corrected chi connectivity index (χ3v) is 3.62. The maximum absolute atomic E-state index is 4.31. The lowest BCUT2D eigenvalue weighted by Gasteiger charge is -2.27. The first-order chi connectivity index (χ1) is 10.2. The fraction of sp³-hybridized carbons (Fsp3) is 0.625. The molecule has 5 nitrogen and oxygen atoms in total. The zero-order chi connectivity index (χ0) is 15.5. The first-order valence-electron chi connectivity index (χ1n) is 7.79. The molecular formula is C16H30IN5. The minimum absolute atomic E-state index is 0. The van der Waals surface area contributed by atoms with Crippen LogP contribution >= 0.6 is 24.0 Å². The van der Waals surface area contributed by atoms with Crippen LogP contribution in [0.2, 0.25) is 0 Å². The number of nitrogens with one attached hydrogen (secondary N) is 2. The van der Waals surface area contributed by atoms with Gasteiger partial charge in [0, 0.05) is 44.5 Å². The highest BCUT2D eigenvalue weighted by Crippen LogP contribution is 1.96. The molecule has 0 saturated heterocycles. The molecule has 0 aliphatic heterocycles. The van der Waals surface area contributed by atoms with E-state index < -0.39 is 0 Å². The van der Waals surface area contributed by atoms with Crippen LogP contribution in [0.1, 0.15) is 26.5 Å². The van der Waals surface area contributed by atoms with Gasteiger partial charge in [0.1, 0.15) is 0 Å². The van der Waals surface area contributed by atoms with Crippen molar-refractivity contribution in [3.05, 3.63) is 30.1 Å². The van der Waals surface area contributed by atoms with Crippen LogP contribution in [0.4, 0.5) is 0 Å². The summed E-state index contributed by atoms with van der Waals surface area (Å²) in [4.78, 5) is 11.0. The summed E-state index contributed by atoms with van der Waals surface area (Å²) in [6.07, 6.45) is 2.72. The first kappa shape index (κ1) is 21.1. The molecule has 6 heteroatoms. The van der Waals surface area contributed by atoms with E-state index in [0.29, 0.717) is 6.04 Å². The molecule has 22 heavy (non-hydrogen) atoms. The second-order valence-electron chi connectivity index (χ2n) is 5.02. The Morgan fingerprint density at radius 1 is 1.27 bits per heavy atom. The average molecular weight is 419 g/mol. The Bertz CT molecular complexity index is 406. The van der Waals surface area contributed by atoms with Crippen molar-refractivity contribution in [1.29, 1.82) is 0 Å². The van der Waals surface area contributed by atoms with Crippen molar-refractivity contribution in [2.75, 3.05) is 33.2 Å². The maximum Gasteiger partial charge on any atom is 0.191 e. The molecule has 0 aliphatic carbocycles. The topological polar surface area (TPSA) is 52.5 Å². The highest BCUT2D eigenvalue weighted by Gasteiger charge is 2.10. The van der Waals surface area contributed by atoms with E-state index in [2.05, 4.69) is 46.3 Å². The number of rotatable bonds is 8. The first-order valence-corrected chi connectivity index (χ1v) is 7.79. The predicted octanol–water partition coefficient (Wildman–Crippen LogP) is 2.14. The molecule has 0 fully saturated rings. The van der Waals surface area contributed by atoms with Crippen molar-refractivity contribution >= 4 is 29.9 Å². The van der Waals surface area contributed by atoms with Gasteiger partial charge in [-0.05, 0) is 32.1 Å². The van der Waals surface area contributed by atoms with Gasteiger partial charge in [-0.1, -0.05) is 19.9 Å². The molecule has 0 amide bonds. The normalized spacial score (nSPS) is 12.7. The smallest absolute Gasteiger partial charge is 0.191 e. The summed E-state index contributed by atoms with van der Waals surface area (Å²) >= 11 is 0. The van der Waals surface area contributed by atoms with Crippen LogP contribution in [0, 0.1) is 0 Å². The van der Waals surface area contributed by atoms with Crippen molar-refractivity contribution in [3.8, 4) is 0 Å². The minimum atomic E-state index is 0. The van der Waals surface area contributed by atoms with Crippen LogP contribution < -0.4 is 10.6 Å². The fourth-order valence-corrected chi connectivity index (χ4v) is 2.30. The molecule has 0 bridgehead atoms. The van der Waals surface area contributed by atoms with Crippen LogP contribution in [0.25, 0.3) is 0 Å². The number of guanidine groups is 1. The molecule has 1 heterocycles. The van der Waals surface area contributed by atoms with Crippen LogP contribution in [0.5, 0.6) is 0 Å². The van der Waals surface area contributed by atoms with Crippen LogP contribution in [-0.2, 0) is 6.42 Å². The van der Waals surface area contributed by atoms with Crippen molar-refractivity contribution in [1.82, 2.24) is 20.5 Å². The molecule has 1 aromatic heterocycles. The third-order valence-electron chi connectivity index (χ3n) is 3.62. The van der Waals surface area contributed by atoms with E-state index in [1.807, 2.05) is 24.4 Å². The number of likely N-dealkylation sites (N-methyl/N-ethyl adjacent to an activating group) is 1. The Kier molecular flexibility index (Phi) is 12.1. The van der Waals surface area contributed by atoms with Crippen LogP contribution in [-0.4, -0.2) is 55.1 Å². The van der Waals surface area contributed by atoms with E-state index in [9.17, 15) is 0 Å². The van der Waals surface area contributed by atoms with Gasteiger partial charge in [0.2, 0.25) is 0 Å². The molecule has 0 saturated carbocycles. The van der Waals surface area contributed by atoms with Gasteiger partial charge < -0.3 is 10.6 Å². The summed E-state index contributed by atoms with van der Waals surface area (Å²) in [5, 5.41) is 6.71. The summed E-state index contributed by atoms with van der Waals surface area (Å²) in [6, 6.07) is 6.49. The van der Waals surface area contributed by atoms with Crippen molar-refractivity contribution < 1.29 is 0 Å². The molecular weight excluding hydrogens is 389 g/mol. The Morgan fingerprint density at radius 2 is 2.00 bits per heavy atom. The number of hydrogen-bond donors (Lipinski definition) is 2. The zero-order valence-electron chi connectivity index (χ0n) is 14.2. The van der Waals surface area contributed by atoms with Gasteiger partial charge in [-0.3, -0.25) is 14.9 Å². The molecule has 0 radical (unpaired) electrons. The van der Waals surface area contributed by atoms with E-state index >= 15 is 0 Å². The summed E-state index contributed by atoms with van der Waals surface area (Å²) < 4.78 is 0. The van der Waals surface area contributed by atoms with Gasteiger partial charge >= 0.3 is 0 Å². The Labute approximate surface area is 152 Å². The van der Waals surface area contributed by atoms with E-state index in [1.54, 1.807) is 7.05 Å². The number of hydrogen-bond acceptors (Lipinski definition) is 3. The lowest BCUT2D eigenvalue weighted by molar-refractivity contribution is 0.231. The number of halogens is 1. The SMILES string of the molecule is CCN(CC)C(C)CNC(=NC)NCCc1ccccn1.I. The molecule has 1 atom stereocenters. The maximum atomic E-state index is 4.31. The second-order valence-corrected chi connectivity index (χ2v) is 5.02. The highest BCUT2D eigenvalue weighted by molar-refractivity contribution is 14.0. The molecule has 126 valence electrons. The van der Waals surface area contributed by atoms with Gasteiger partial charge in [0.05, 0.1) is 0 Å². The Morgan fingerprint density at radius 3 is 2.55 bits per heavy atom. The molecule has 0 spiro atoms. The monoisotopic (exact) mass is 419 g/mol. The third kappa shape index (κ3) is 7.93. The van der Waals surface area contributed by atoms with Gasteiger partial charge in [0.25, 0.3) is 0 Å². The molecule has 0 aliphatic rings. The van der Waals surface area contributed by atoms with Crippen LogP contribution in [0.15, 0.2) is 29.4 Å².